The molecule has 1 aliphatic carbocycles. The van der Waals surface area contributed by atoms with Gasteiger partial charge in [0, 0.05) is 17.3 Å². The van der Waals surface area contributed by atoms with E-state index in [2.05, 4.69) is 15.5 Å². The highest BCUT2D eigenvalue weighted by atomic mass is 16.5. The molecule has 5 N–H and O–H groups in total. The van der Waals surface area contributed by atoms with Gasteiger partial charge >= 0.3 is 0 Å². The number of anilines is 1. The zero-order valence-corrected chi connectivity index (χ0v) is 18.0. The maximum atomic E-state index is 12.4. The highest BCUT2D eigenvalue weighted by molar-refractivity contribution is 5.98. The van der Waals surface area contributed by atoms with Gasteiger partial charge in [-0.25, -0.2) is 5.48 Å². The predicted octanol–water partition coefficient (Wildman–Crippen LogP) is 1.37. The molecule has 3 amide bonds. The van der Waals surface area contributed by atoms with E-state index in [0.717, 1.165) is 24.0 Å². The molecule has 0 aliphatic heterocycles. The molecular formula is C23H28N4O5. The van der Waals surface area contributed by atoms with Crippen molar-refractivity contribution in [3.8, 4) is 11.1 Å². The lowest BCUT2D eigenvalue weighted by Gasteiger charge is -2.19. The van der Waals surface area contributed by atoms with Gasteiger partial charge in [-0.1, -0.05) is 24.3 Å². The Bertz CT molecular complexity index is 955. The minimum Gasteiger partial charge on any atom is -0.391 e. The van der Waals surface area contributed by atoms with E-state index in [4.69, 9.17) is 5.21 Å². The van der Waals surface area contributed by atoms with Crippen molar-refractivity contribution in [1.29, 1.82) is 0 Å². The zero-order chi connectivity index (χ0) is 23.3. The molecule has 2 aromatic rings. The summed E-state index contributed by atoms with van der Waals surface area (Å²) >= 11 is 0. The van der Waals surface area contributed by atoms with Crippen molar-refractivity contribution >= 4 is 23.4 Å². The topological polar surface area (TPSA) is 131 Å². The van der Waals surface area contributed by atoms with E-state index in [1.165, 1.54) is 12.4 Å². The van der Waals surface area contributed by atoms with Gasteiger partial charge in [-0.15, -0.1) is 0 Å². The molecule has 170 valence electrons. The van der Waals surface area contributed by atoms with E-state index < -0.39 is 24.0 Å². The molecule has 0 saturated heterocycles. The molecule has 3 rings (SSSR count). The normalized spacial score (nSPS) is 15.0. The summed E-state index contributed by atoms with van der Waals surface area (Å²) in [4.78, 5) is 38.1. The van der Waals surface area contributed by atoms with Gasteiger partial charge in [0.1, 0.15) is 6.04 Å². The quantitative estimate of drug-likeness (QED) is 0.296. The maximum Gasteiger partial charge on any atom is 0.268 e. The van der Waals surface area contributed by atoms with Crippen molar-refractivity contribution in [2.75, 3.05) is 18.9 Å². The van der Waals surface area contributed by atoms with Crippen molar-refractivity contribution in [2.45, 2.75) is 38.0 Å². The van der Waals surface area contributed by atoms with Crippen molar-refractivity contribution < 1.29 is 24.7 Å². The predicted molar refractivity (Wildman–Crippen MR) is 119 cm³/mol. The third kappa shape index (κ3) is 6.13. The largest absolute Gasteiger partial charge is 0.391 e. The summed E-state index contributed by atoms with van der Waals surface area (Å²) < 4.78 is 0. The van der Waals surface area contributed by atoms with Crippen LogP contribution in [0.1, 0.15) is 30.1 Å². The lowest BCUT2D eigenvalue weighted by atomic mass is 10.0. The third-order valence-corrected chi connectivity index (χ3v) is 5.37. The van der Waals surface area contributed by atoms with E-state index >= 15 is 0 Å². The number of carbonyl (C=O) groups is 3. The Labute approximate surface area is 186 Å². The van der Waals surface area contributed by atoms with Crippen LogP contribution >= 0.6 is 0 Å². The summed E-state index contributed by atoms with van der Waals surface area (Å²) in [6, 6.07) is 13.4. The van der Waals surface area contributed by atoms with Crippen LogP contribution in [0.3, 0.4) is 0 Å². The van der Waals surface area contributed by atoms with Crippen LogP contribution in [-0.2, 0) is 9.59 Å². The Kier molecular flexibility index (Phi) is 7.57. The summed E-state index contributed by atoms with van der Waals surface area (Å²) in [6.07, 6.45) is 1.12. The van der Waals surface area contributed by atoms with Crippen molar-refractivity contribution in [3.05, 3.63) is 54.1 Å². The Hall–Kier alpha value is -3.27. The molecule has 0 radical (unpaired) electrons. The lowest BCUT2D eigenvalue weighted by Crippen LogP contribution is -2.51. The summed E-state index contributed by atoms with van der Waals surface area (Å²) in [5, 5.41) is 23.7. The van der Waals surface area contributed by atoms with Crippen LogP contribution < -0.4 is 16.1 Å². The highest BCUT2D eigenvalue weighted by Gasteiger charge is 2.27. The van der Waals surface area contributed by atoms with Crippen molar-refractivity contribution in [2.24, 2.45) is 0 Å². The van der Waals surface area contributed by atoms with E-state index in [-0.39, 0.29) is 5.91 Å². The van der Waals surface area contributed by atoms with Crippen LogP contribution in [0, 0.1) is 0 Å². The molecule has 0 heterocycles. The first-order valence-electron chi connectivity index (χ1n) is 10.4. The smallest absolute Gasteiger partial charge is 0.268 e. The van der Waals surface area contributed by atoms with Gasteiger partial charge < -0.3 is 15.7 Å². The number of aliphatic hydroxyl groups excluding tert-OH is 1. The molecule has 9 nitrogen and oxygen atoms in total. The monoisotopic (exact) mass is 440 g/mol. The molecule has 0 unspecified atom stereocenters. The number of carbonyl (C=O) groups excluding carboxylic acids is 3. The number of likely N-dealkylation sites (N-methyl/N-ethyl adjacent to an activating group) is 1. The van der Waals surface area contributed by atoms with Gasteiger partial charge in [0.2, 0.25) is 5.91 Å². The molecule has 1 fully saturated rings. The molecule has 9 heteroatoms. The molecular weight excluding hydrogens is 412 g/mol. The van der Waals surface area contributed by atoms with Crippen LogP contribution in [0.15, 0.2) is 48.5 Å². The van der Waals surface area contributed by atoms with Gasteiger partial charge in [0.05, 0.1) is 12.6 Å². The fourth-order valence-electron chi connectivity index (χ4n) is 3.33. The Morgan fingerprint density at radius 1 is 1.03 bits per heavy atom. The number of benzene rings is 2. The fraction of sp³-hybridized carbons (Fsp3) is 0.348. The number of nitrogens with one attached hydrogen (secondary N) is 3. The Morgan fingerprint density at radius 3 is 2.09 bits per heavy atom. The molecule has 0 aromatic heterocycles. The molecule has 0 bridgehead atoms. The number of nitrogens with zero attached hydrogens (tertiary/aromatic N) is 1. The molecule has 2 atom stereocenters. The average molecular weight is 441 g/mol. The van der Waals surface area contributed by atoms with Gasteiger partial charge in [-0.2, -0.15) is 0 Å². The second-order valence-electron chi connectivity index (χ2n) is 8.02. The third-order valence-electron chi connectivity index (χ3n) is 5.37. The van der Waals surface area contributed by atoms with E-state index in [1.807, 2.05) is 31.3 Å². The Morgan fingerprint density at radius 2 is 1.59 bits per heavy atom. The minimum absolute atomic E-state index is 0.0482. The first kappa shape index (κ1) is 23.4. The first-order valence-corrected chi connectivity index (χ1v) is 10.4. The zero-order valence-electron chi connectivity index (χ0n) is 18.0. The SMILES string of the molecule is C[C@@H](O)[C@H](NC(=O)c1ccc(-c2ccc(NC(=O)CN(C)C3CC3)cc2)cc1)C(=O)NO. The van der Waals surface area contributed by atoms with Crippen LogP contribution in [0.25, 0.3) is 11.1 Å². The minimum atomic E-state index is -1.28. The van der Waals surface area contributed by atoms with Gasteiger partial charge in [-0.3, -0.25) is 24.5 Å². The van der Waals surface area contributed by atoms with Gasteiger partial charge in [0.25, 0.3) is 11.8 Å². The number of amides is 3. The second-order valence-corrected chi connectivity index (χ2v) is 8.02. The van der Waals surface area contributed by atoms with Crippen LogP contribution in [0.2, 0.25) is 0 Å². The van der Waals surface area contributed by atoms with Crippen LogP contribution in [-0.4, -0.2) is 64.7 Å². The maximum absolute atomic E-state index is 12.4. The lowest BCUT2D eigenvalue weighted by molar-refractivity contribution is -0.133. The summed E-state index contributed by atoms with van der Waals surface area (Å²) in [5.41, 5.74) is 4.22. The number of hydrogen-bond donors (Lipinski definition) is 5. The molecule has 1 aliphatic rings. The number of aliphatic hydroxyl groups is 1. The second kappa shape index (κ2) is 10.4. The first-order chi connectivity index (χ1) is 15.3. The van der Waals surface area contributed by atoms with Gasteiger partial charge in [-0.05, 0) is 62.2 Å². The molecule has 2 aromatic carbocycles. The summed E-state index contributed by atoms with van der Waals surface area (Å²) in [6.45, 7) is 1.70. The van der Waals surface area contributed by atoms with Crippen molar-refractivity contribution in [1.82, 2.24) is 15.7 Å². The number of hydroxylamine groups is 1. The van der Waals surface area contributed by atoms with Crippen molar-refractivity contribution in [3.63, 3.8) is 0 Å². The van der Waals surface area contributed by atoms with Crippen LogP contribution in [0.4, 0.5) is 5.69 Å². The van der Waals surface area contributed by atoms with Crippen LogP contribution in [0.5, 0.6) is 0 Å². The Balaban J connectivity index is 1.59. The number of rotatable bonds is 9. The summed E-state index contributed by atoms with van der Waals surface area (Å²) in [5.74, 6) is -1.51. The molecule has 32 heavy (non-hydrogen) atoms. The summed E-state index contributed by atoms with van der Waals surface area (Å²) in [7, 11) is 1.95. The van der Waals surface area contributed by atoms with Gasteiger partial charge in [0.15, 0.2) is 0 Å². The number of hydrogen-bond acceptors (Lipinski definition) is 6. The van der Waals surface area contributed by atoms with E-state index in [1.54, 1.807) is 24.3 Å². The highest BCUT2D eigenvalue weighted by Crippen LogP contribution is 2.25. The van der Waals surface area contributed by atoms with E-state index in [9.17, 15) is 19.5 Å². The molecule has 0 spiro atoms. The fourth-order valence-corrected chi connectivity index (χ4v) is 3.33. The average Bonchev–Trinajstić information content (AvgIpc) is 3.63. The standard InChI is InChI=1S/C23H28N4O5/c1-14(28)21(23(31)26-32)25-22(30)17-5-3-15(4-6-17)16-7-9-18(10-8-16)24-20(29)13-27(2)19-11-12-19/h3-10,14,19,21,28,32H,11-13H2,1-2H3,(H,24,29)(H,25,30)(H,26,31)/t14-,21+/m1/s1. The van der Waals surface area contributed by atoms with E-state index in [0.29, 0.717) is 23.8 Å². The molecule has 1 saturated carbocycles.